The molecule has 6 nitrogen and oxygen atoms in total. The van der Waals surface area contributed by atoms with Crippen molar-refractivity contribution in [2.45, 2.75) is 17.9 Å². The van der Waals surface area contributed by atoms with Crippen LogP contribution in [0.3, 0.4) is 0 Å². The molecule has 0 aliphatic carbocycles. The Morgan fingerprint density at radius 3 is 2.72 bits per heavy atom. The molecule has 7 heteroatoms. The van der Waals surface area contributed by atoms with E-state index in [1.54, 1.807) is 25.1 Å². The van der Waals surface area contributed by atoms with Gasteiger partial charge in [0.1, 0.15) is 6.04 Å². The number of urea groups is 1. The number of rotatable bonds is 2. The van der Waals surface area contributed by atoms with Crippen molar-refractivity contribution in [1.29, 1.82) is 5.26 Å². The molecular weight excluding hydrogens is 254 g/mol. The van der Waals surface area contributed by atoms with Crippen LogP contribution in [-0.4, -0.2) is 31.9 Å². The van der Waals surface area contributed by atoms with Crippen molar-refractivity contribution < 1.29 is 13.2 Å². The van der Waals surface area contributed by atoms with E-state index in [1.165, 1.54) is 6.07 Å². The molecule has 2 rings (SSSR count). The van der Waals surface area contributed by atoms with Crippen LogP contribution in [0.5, 0.6) is 0 Å². The van der Waals surface area contributed by atoms with Gasteiger partial charge in [-0.15, -0.1) is 0 Å². The summed E-state index contributed by atoms with van der Waals surface area (Å²) in [6.07, 6.45) is 0. The normalized spacial score (nSPS) is 18.0. The molecule has 0 radical (unpaired) electrons. The number of aryl methyl sites for hydroxylation is 1. The largest absolute Gasteiger partial charge is 0.332 e. The van der Waals surface area contributed by atoms with Gasteiger partial charge in [-0.05, 0) is 18.6 Å². The highest BCUT2D eigenvalue weighted by Gasteiger charge is 2.40. The minimum atomic E-state index is -3.88. The van der Waals surface area contributed by atoms with Gasteiger partial charge in [0.2, 0.25) is 0 Å². The van der Waals surface area contributed by atoms with Crippen LogP contribution in [0.25, 0.3) is 0 Å². The van der Waals surface area contributed by atoms with E-state index in [0.29, 0.717) is 5.56 Å². The molecule has 1 saturated heterocycles. The second-order valence-electron chi connectivity index (χ2n) is 3.97. The zero-order chi connectivity index (χ0) is 13.3. The number of nitriles is 1. The van der Waals surface area contributed by atoms with Crippen LogP contribution < -0.4 is 4.72 Å². The number of nitrogens with one attached hydrogen (secondary N) is 1. The maximum Gasteiger partial charge on any atom is 0.332 e. The summed E-state index contributed by atoms with van der Waals surface area (Å²) in [4.78, 5) is 12.8. The summed E-state index contributed by atoms with van der Waals surface area (Å²) in [7, 11) is -3.88. The third-order valence-corrected chi connectivity index (χ3v) is 4.11. The topological polar surface area (TPSA) is 90.0 Å². The lowest BCUT2D eigenvalue weighted by Gasteiger charge is -2.09. The van der Waals surface area contributed by atoms with Crippen molar-refractivity contribution in [2.24, 2.45) is 0 Å². The predicted molar refractivity (Wildman–Crippen MR) is 63.0 cm³/mol. The number of hydrogen-bond acceptors (Lipinski definition) is 4. The Kier molecular flexibility index (Phi) is 2.97. The van der Waals surface area contributed by atoms with Gasteiger partial charge in [-0.1, -0.05) is 18.2 Å². The van der Waals surface area contributed by atoms with Crippen molar-refractivity contribution in [2.75, 3.05) is 6.54 Å². The third-order valence-electron chi connectivity index (χ3n) is 2.63. The minimum absolute atomic E-state index is 0.0636. The van der Waals surface area contributed by atoms with Crippen molar-refractivity contribution in [1.82, 2.24) is 9.62 Å². The van der Waals surface area contributed by atoms with Crippen LogP contribution in [0.2, 0.25) is 0 Å². The SMILES string of the molecule is Cc1ccccc1S(=O)(=O)NC(=O)N1CC1C#N. The van der Waals surface area contributed by atoms with Gasteiger partial charge in [-0.2, -0.15) is 5.26 Å². The van der Waals surface area contributed by atoms with Crippen molar-refractivity contribution >= 4 is 16.1 Å². The first-order valence-electron chi connectivity index (χ1n) is 5.24. The van der Waals surface area contributed by atoms with E-state index in [0.717, 1.165) is 4.90 Å². The Balaban J connectivity index is 2.17. The second-order valence-corrected chi connectivity index (χ2v) is 5.62. The fourth-order valence-electron chi connectivity index (χ4n) is 1.56. The van der Waals surface area contributed by atoms with Gasteiger partial charge in [0.05, 0.1) is 17.5 Å². The summed E-state index contributed by atoms with van der Waals surface area (Å²) in [5, 5.41) is 8.56. The maximum atomic E-state index is 11.9. The van der Waals surface area contributed by atoms with Crippen LogP contribution in [0, 0.1) is 18.3 Å². The number of sulfonamides is 1. The quantitative estimate of drug-likeness (QED) is 0.793. The molecule has 1 aromatic rings. The minimum Gasteiger partial charge on any atom is -0.303 e. The molecule has 0 saturated carbocycles. The number of nitrogens with zero attached hydrogens (tertiary/aromatic N) is 2. The van der Waals surface area contributed by atoms with Gasteiger partial charge in [0.25, 0.3) is 10.0 Å². The van der Waals surface area contributed by atoms with Crippen LogP contribution >= 0.6 is 0 Å². The van der Waals surface area contributed by atoms with Crippen molar-refractivity contribution in [3.05, 3.63) is 29.8 Å². The van der Waals surface area contributed by atoms with Crippen LogP contribution in [0.15, 0.2) is 29.2 Å². The average Bonchev–Trinajstić information content (AvgIpc) is 3.08. The zero-order valence-corrected chi connectivity index (χ0v) is 10.4. The number of carbonyl (C=O) groups excluding carboxylic acids is 1. The van der Waals surface area contributed by atoms with E-state index >= 15 is 0 Å². The molecule has 1 aliphatic rings. The smallest absolute Gasteiger partial charge is 0.303 e. The van der Waals surface area contributed by atoms with E-state index in [9.17, 15) is 13.2 Å². The summed E-state index contributed by atoms with van der Waals surface area (Å²) >= 11 is 0. The maximum absolute atomic E-state index is 11.9. The van der Waals surface area contributed by atoms with Gasteiger partial charge in [0.15, 0.2) is 0 Å². The van der Waals surface area contributed by atoms with E-state index in [-0.39, 0.29) is 11.4 Å². The molecule has 1 atom stereocenters. The Morgan fingerprint density at radius 2 is 2.17 bits per heavy atom. The summed E-state index contributed by atoms with van der Waals surface area (Å²) in [6, 6.07) is 6.97. The monoisotopic (exact) mass is 265 g/mol. The lowest BCUT2D eigenvalue weighted by atomic mass is 10.2. The molecule has 1 heterocycles. The molecule has 0 spiro atoms. The summed E-state index contributed by atoms with van der Waals surface area (Å²) in [5.41, 5.74) is 0.556. The van der Waals surface area contributed by atoms with E-state index < -0.39 is 22.1 Å². The van der Waals surface area contributed by atoms with E-state index in [4.69, 9.17) is 5.26 Å². The van der Waals surface area contributed by atoms with Crippen molar-refractivity contribution in [3.8, 4) is 6.07 Å². The van der Waals surface area contributed by atoms with Gasteiger partial charge in [-0.3, -0.25) is 0 Å². The third kappa shape index (κ3) is 2.28. The predicted octanol–water partition coefficient (Wildman–Crippen LogP) is 0.601. The summed E-state index contributed by atoms with van der Waals surface area (Å²) in [6.45, 7) is 1.92. The Hall–Kier alpha value is -2.07. The molecule has 1 aliphatic heterocycles. The van der Waals surface area contributed by atoms with E-state index in [1.807, 2.05) is 10.8 Å². The van der Waals surface area contributed by atoms with Crippen LogP contribution in [0.4, 0.5) is 4.79 Å². The zero-order valence-electron chi connectivity index (χ0n) is 9.62. The molecule has 1 unspecified atom stereocenters. The summed E-state index contributed by atoms with van der Waals surface area (Å²) < 4.78 is 25.8. The molecule has 1 fully saturated rings. The first-order valence-corrected chi connectivity index (χ1v) is 6.72. The standard InChI is InChI=1S/C11H11N3O3S/c1-8-4-2-3-5-10(8)18(16,17)13-11(15)14-7-9(14)6-12/h2-5,9H,7H2,1H3,(H,13,15). The van der Waals surface area contributed by atoms with Crippen molar-refractivity contribution in [3.63, 3.8) is 0 Å². The van der Waals surface area contributed by atoms with Gasteiger partial charge in [-0.25, -0.2) is 17.9 Å². The van der Waals surface area contributed by atoms with Gasteiger partial charge >= 0.3 is 6.03 Å². The Labute approximate surface area is 105 Å². The van der Waals surface area contributed by atoms with Crippen LogP contribution in [-0.2, 0) is 10.0 Å². The molecular formula is C11H11N3O3S. The fraction of sp³-hybridized carbons (Fsp3) is 0.273. The molecule has 0 aromatic heterocycles. The highest BCUT2D eigenvalue weighted by molar-refractivity contribution is 7.90. The average molecular weight is 265 g/mol. The first-order chi connectivity index (χ1) is 8.45. The molecule has 2 amide bonds. The number of benzene rings is 1. The number of hydrogen-bond donors (Lipinski definition) is 1. The number of carbonyl (C=O) groups is 1. The first kappa shape index (κ1) is 12.4. The van der Waals surface area contributed by atoms with E-state index in [2.05, 4.69) is 0 Å². The molecule has 1 N–H and O–H groups in total. The second kappa shape index (κ2) is 4.31. The van der Waals surface area contributed by atoms with Crippen LogP contribution in [0.1, 0.15) is 5.56 Å². The molecule has 94 valence electrons. The number of amides is 2. The Bertz CT molecular complexity index is 633. The molecule has 0 bridgehead atoms. The highest BCUT2D eigenvalue weighted by atomic mass is 32.2. The highest BCUT2D eigenvalue weighted by Crippen LogP contribution is 2.18. The van der Waals surface area contributed by atoms with Gasteiger partial charge < -0.3 is 4.90 Å². The fourth-order valence-corrected chi connectivity index (χ4v) is 2.77. The summed E-state index contributed by atoms with van der Waals surface area (Å²) in [5.74, 6) is 0. The molecule has 1 aromatic carbocycles. The lowest BCUT2D eigenvalue weighted by Crippen LogP contribution is -2.35. The Morgan fingerprint density at radius 1 is 1.50 bits per heavy atom. The lowest BCUT2D eigenvalue weighted by molar-refractivity contribution is 0.234. The molecule has 18 heavy (non-hydrogen) atoms. The van der Waals surface area contributed by atoms with Gasteiger partial charge in [0, 0.05) is 0 Å².